The highest BCUT2D eigenvalue weighted by Crippen LogP contribution is 2.21. The molecule has 0 aliphatic rings. The summed E-state index contributed by atoms with van der Waals surface area (Å²) in [5, 5.41) is 18.3. The molecule has 0 aliphatic carbocycles. The Morgan fingerprint density at radius 2 is 0.818 bits per heavy atom. The number of carbonyl (C=O) groups is 2. The van der Waals surface area contributed by atoms with Crippen molar-refractivity contribution < 1.29 is 19.8 Å². The zero-order valence-electron chi connectivity index (χ0n) is 20.6. The molecule has 0 amide bonds. The molecule has 0 aromatic carbocycles. The minimum absolute atomic E-state index is 0.505. The molecule has 1 unspecified atom stereocenters. The summed E-state index contributed by atoms with van der Waals surface area (Å²) in [7, 11) is 0. The van der Waals surface area contributed by atoms with Crippen molar-refractivity contribution in [3.05, 3.63) is 50.6 Å². The lowest BCUT2D eigenvalue weighted by atomic mass is 9.88. The molecule has 0 spiro atoms. The van der Waals surface area contributed by atoms with Crippen molar-refractivity contribution in [2.75, 3.05) is 0 Å². The van der Waals surface area contributed by atoms with E-state index < -0.39 is 23.0 Å². The number of rotatable bonds is 21. The van der Waals surface area contributed by atoms with E-state index in [1.165, 1.54) is 0 Å². The average Bonchev–Trinajstić information content (AvgIpc) is 2.77. The Balaban J connectivity index is 0. The maximum Gasteiger partial charge on any atom is 0.323 e. The van der Waals surface area contributed by atoms with Gasteiger partial charge in [-0.3, -0.25) is 9.59 Å². The Morgan fingerprint density at radius 3 is 1.12 bits per heavy atom. The molecular formula is C27H48N2O4. The quantitative estimate of drug-likeness (QED) is 0.119. The van der Waals surface area contributed by atoms with E-state index in [1.807, 2.05) is 6.08 Å². The van der Waals surface area contributed by atoms with Gasteiger partial charge >= 0.3 is 11.9 Å². The summed E-state index contributed by atoms with van der Waals surface area (Å²) in [4.78, 5) is 22.3. The molecule has 6 heteroatoms. The summed E-state index contributed by atoms with van der Waals surface area (Å²) < 4.78 is 0. The third-order valence-electron chi connectivity index (χ3n) is 5.73. The lowest BCUT2D eigenvalue weighted by molar-refractivity contribution is -0.144. The Labute approximate surface area is 201 Å². The van der Waals surface area contributed by atoms with Crippen LogP contribution in [0.3, 0.4) is 0 Å². The number of aliphatic carboxylic acids is 2. The fourth-order valence-corrected chi connectivity index (χ4v) is 3.45. The molecule has 0 fully saturated rings. The van der Waals surface area contributed by atoms with Crippen LogP contribution in [0.4, 0.5) is 0 Å². The van der Waals surface area contributed by atoms with Crippen LogP contribution in [0.5, 0.6) is 0 Å². The van der Waals surface area contributed by atoms with Crippen LogP contribution in [-0.2, 0) is 9.59 Å². The predicted molar refractivity (Wildman–Crippen MR) is 139 cm³/mol. The molecule has 6 nitrogen and oxygen atoms in total. The van der Waals surface area contributed by atoms with Gasteiger partial charge in [-0.25, -0.2) is 0 Å². The number of nitrogens with two attached hydrogens (primary N) is 2. The molecule has 0 heterocycles. The molecule has 0 bridgehead atoms. The topological polar surface area (TPSA) is 127 Å². The first kappa shape index (κ1) is 33.0. The van der Waals surface area contributed by atoms with Crippen molar-refractivity contribution in [2.24, 2.45) is 11.5 Å². The van der Waals surface area contributed by atoms with Crippen molar-refractivity contribution >= 4 is 11.9 Å². The van der Waals surface area contributed by atoms with Crippen LogP contribution in [0.15, 0.2) is 50.6 Å². The van der Waals surface area contributed by atoms with Crippen molar-refractivity contribution in [3.63, 3.8) is 0 Å². The molecule has 0 aliphatic heterocycles. The van der Waals surface area contributed by atoms with Gasteiger partial charge in [0.25, 0.3) is 0 Å². The predicted octanol–water partition coefficient (Wildman–Crippen LogP) is 6.13. The Hall–Kier alpha value is -2.18. The lowest BCUT2D eigenvalue weighted by Gasteiger charge is -2.24. The monoisotopic (exact) mass is 464 g/mol. The van der Waals surface area contributed by atoms with Crippen LogP contribution < -0.4 is 11.5 Å². The summed E-state index contributed by atoms with van der Waals surface area (Å²) in [6.45, 7) is 14.5. The van der Waals surface area contributed by atoms with Crippen LogP contribution in [0, 0.1) is 0 Å². The molecule has 6 N–H and O–H groups in total. The Kier molecular flexibility index (Phi) is 20.4. The first-order valence-electron chi connectivity index (χ1n) is 12.1. The number of carboxylic acids is 2. The molecule has 33 heavy (non-hydrogen) atoms. The van der Waals surface area contributed by atoms with Crippen LogP contribution in [-0.4, -0.2) is 33.2 Å². The molecule has 0 rings (SSSR count). The minimum Gasteiger partial charge on any atom is -0.480 e. The number of unbranched alkanes of at least 4 members (excludes halogenated alkanes) is 7. The van der Waals surface area contributed by atoms with E-state index in [1.54, 1.807) is 18.2 Å². The van der Waals surface area contributed by atoms with E-state index in [9.17, 15) is 14.7 Å². The van der Waals surface area contributed by atoms with E-state index in [0.29, 0.717) is 25.7 Å². The van der Waals surface area contributed by atoms with Gasteiger partial charge in [-0.05, 0) is 77.0 Å². The van der Waals surface area contributed by atoms with Gasteiger partial charge in [0.15, 0.2) is 0 Å². The van der Waals surface area contributed by atoms with Crippen LogP contribution >= 0.6 is 0 Å². The normalized spacial score (nSPS) is 12.5. The molecule has 1 atom stereocenters. The van der Waals surface area contributed by atoms with Crippen LogP contribution in [0.1, 0.15) is 96.3 Å². The van der Waals surface area contributed by atoms with Crippen molar-refractivity contribution in [1.82, 2.24) is 0 Å². The second-order valence-corrected chi connectivity index (χ2v) is 8.71. The van der Waals surface area contributed by atoms with Gasteiger partial charge < -0.3 is 21.7 Å². The van der Waals surface area contributed by atoms with Gasteiger partial charge in [-0.2, -0.15) is 0 Å². The van der Waals surface area contributed by atoms with Crippen molar-refractivity contribution in [3.8, 4) is 0 Å². The number of hydrogen-bond donors (Lipinski definition) is 4. The lowest BCUT2D eigenvalue weighted by Crippen LogP contribution is -2.47. The van der Waals surface area contributed by atoms with Crippen molar-refractivity contribution in [1.29, 1.82) is 0 Å². The summed E-state index contributed by atoms with van der Waals surface area (Å²) in [6.07, 6.45) is 19.4. The SMILES string of the molecule is C=CCCCC(N)(CCCC=C)C(=O)O.C=CCCCCCCC(N)(CCCC=C)C(=O)O. The molecule has 0 aromatic rings. The second kappa shape index (κ2) is 20.4. The molecule has 0 saturated heterocycles. The fourth-order valence-electron chi connectivity index (χ4n) is 3.45. The summed E-state index contributed by atoms with van der Waals surface area (Å²) >= 11 is 0. The maximum atomic E-state index is 11.2. The largest absolute Gasteiger partial charge is 0.480 e. The van der Waals surface area contributed by atoms with Gasteiger partial charge in [-0.15, -0.1) is 26.3 Å². The number of hydrogen-bond acceptors (Lipinski definition) is 4. The fraction of sp³-hybridized carbons (Fsp3) is 0.630. The van der Waals surface area contributed by atoms with E-state index in [0.717, 1.165) is 70.6 Å². The molecule has 190 valence electrons. The zero-order chi connectivity index (χ0) is 25.6. The summed E-state index contributed by atoms with van der Waals surface area (Å²) in [5.74, 6) is -1.78. The molecule has 0 radical (unpaired) electrons. The van der Waals surface area contributed by atoms with E-state index in [2.05, 4.69) is 26.3 Å². The van der Waals surface area contributed by atoms with E-state index in [-0.39, 0.29) is 0 Å². The standard InChI is InChI=1S/C15H27NO2.C12H21NO2/c1-3-5-7-8-9-11-13-15(16,14(17)18)12-10-6-4-2;1-3-5-7-9-12(13,11(14)15)10-8-6-4-2/h3-4H,1-2,5-13,16H2,(H,17,18);3-4H,1-2,5-10,13H2,(H,14,15). The second-order valence-electron chi connectivity index (χ2n) is 8.71. The Morgan fingerprint density at radius 1 is 0.545 bits per heavy atom. The highest BCUT2D eigenvalue weighted by molar-refractivity contribution is 5.78. The summed E-state index contributed by atoms with van der Waals surface area (Å²) in [6, 6.07) is 0. The van der Waals surface area contributed by atoms with E-state index in [4.69, 9.17) is 16.6 Å². The molecule has 0 saturated carbocycles. The molecular weight excluding hydrogens is 416 g/mol. The maximum absolute atomic E-state index is 11.2. The van der Waals surface area contributed by atoms with Crippen LogP contribution in [0.2, 0.25) is 0 Å². The van der Waals surface area contributed by atoms with Crippen molar-refractivity contribution in [2.45, 2.75) is 107 Å². The average molecular weight is 465 g/mol. The third kappa shape index (κ3) is 17.0. The number of allylic oxidation sites excluding steroid dienone is 4. The third-order valence-corrected chi connectivity index (χ3v) is 5.73. The van der Waals surface area contributed by atoms with Gasteiger partial charge in [0.1, 0.15) is 11.1 Å². The minimum atomic E-state index is -1.08. The van der Waals surface area contributed by atoms with E-state index >= 15 is 0 Å². The van der Waals surface area contributed by atoms with Gasteiger partial charge in [0, 0.05) is 0 Å². The first-order valence-corrected chi connectivity index (χ1v) is 12.1. The highest BCUT2D eigenvalue weighted by Gasteiger charge is 2.33. The first-order chi connectivity index (χ1) is 15.6. The smallest absolute Gasteiger partial charge is 0.323 e. The summed E-state index contributed by atoms with van der Waals surface area (Å²) in [5.41, 5.74) is 9.70. The van der Waals surface area contributed by atoms with Gasteiger partial charge in [0.2, 0.25) is 0 Å². The number of carboxylic acid groups (broad SMARTS) is 2. The Bertz CT molecular complexity index is 575. The van der Waals surface area contributed by atoms with Crippen LogP contribution in [0.25, 0.3) is 0 Å². The van der Waals surface area contributed by atoms with Gasteiger partial charge in [-0.1, -0.05) is 43.6 Å². The van der Waals surface area contributed by atoms with Gasteiger partial charge in [0.05, 0.1) is 0 Å². The highest BCUT2D eigenvalue weighted by atomic mass is 16.4. The zero-order valence-corrected chi connectivity index (χ0v) is 20.6. The molecule has 0 aromatic heterocycles.